The monoisotopic (exact) mass is 1650 g/mol. The Balaban J connectivity index is 0.000000105. The van der Waals surface area contributed by atoms with E-state index in [1.165, 1.54) is 79.5 Å². The number of likely N-dealkylation sites (tertiary alicyclic amines) is 5. The molecule has 1 unspecified atom stereocenters. The highest BCUT2D eigenvalue weighted by atomic mass is 19.1. The van der Waals surface area contributed by atoms with E-state index in [0.717, 1.165) is 102 Å². The summed E-state index contributed by atoms with van der Waals surface area (Å²) < 4.78 is 49.5. The Morgan fingerprint density at radius 3 is 1.10 bits per heavy atom. The zero-order chi connectivity index (χ0) is 84.3. The number of anilines is 1. The van der Waals surface area contributed by atoms with E-state index >= 15 is 0 Å². The number of nitrogens with zero attached hydrogens (tertiary/aromatic N) is 9. The molecule has 11 aliphatic heterocycles. The maximum absolute atomic E-state index is 13.0. The topological polar surface area (TPSA) is 221 Å². The van der Waals surface area contributed by atoms with Gasteiger partial charge in [0, 0.05) is 101 Å². The third-order valence-corrected chi connectivity index (χ3v) is 27.5. The largest absolute Gasteiger partial charge is 0.490 e. The van der Waals surface area contributed by atoms with Crippen LogP contribution in [0.2, 0.25) is 0 Å². The molecule has 12 aliphatic rings. The second-order valence-corrected chi connectivity index (χ2v) is 34.2. The minimum atomic E-state index is -0.324. The highest BCUT2D eigenvalue weighted by Crippen LogP contribution is 2.52. The number of halogens is 1. The fourth-order valence-corrected chi connectivity index (χ4v) is 20.2. The molecule has 626 valence electrons. The molecule has 2 atom stereocenters. The van der Waals surface area contributed by atoms with Crippen LogP contribution < -0.4 is 9.64 Å². The average molecular weight is 1650 g/mol. The third kappa shape index (κ3) is 16.5. The number of aromatic nitrogens is 1. The number of rotatable bonds is 6. The predicted molar refractivity (Wildman–Crippen MR) is 460 cm³/mol. The summed E-state index contributed by atoms with van der Waals surface area (Å²) in [5.41, 5.74) is 17.4. The van der Waals surface area contributed by atoms with Gasteiger partial charge in [0.1, 0.15) is 29.9 Å². The molecule has 12 heterocycles. The number of benzene rings is 9. The number of carbonyl (C=O) groups is 5. The van der Waals surface area contributed by atoms with Gasteiger partial charge in [-0.15, -0.1) is 0 Å². The van der Waals surface area contributed by atoms with Crippen LogP contribution in [0.25, 0.3) is 0 Å². The number of carbonyl (C=O) groups excluding carboxylic acids is 5. The second kappa shape index (κ2) is 35.0. The van der Waals surface area contributed by atoms with E-state index in [4.69, 9.17) is 38.9 Å². The first-order valence-corrected chi connectivity index (χ1v) is 43.3. The molecular weight excluding hydrogens is 1550 g/mol. The Kier molecular flexibility index (Phi) is 23.2. The number of pyridine rings is 1. The van der Waals surface area contributed by atoms with Crippen LogP contribution in [0.1, 0.15) is 190 Å². The van der Waals surface area contributed by atoms with Crippen LogP contribution in [0.5, 0.6) is 5.75 Å². The number of piperidine rings is 5. The summed E-state index contributed by atoms with van der Waals surface area (Å²) in [7, 11) is 2.05. The molecule has 123 heavy (non-hydrogen) atoms. The zero-order valence-corrected chi connectivity index (χ0v) is 69.4. The van der Waals surface area contributed by atoms with Crippen LogP contribution >= 0.6 is 0 Å². The molecule has 22 rings (SSSR count). The van der Waals surface area contributed by atoms with Crippen molar-refractivity contribution in [2.45, 2.75) is 138 Å². The van der Waals surface area contributed by atoms with Crippen molar-refractivity contribution < 1.29 is 56.8 Å². The Labute approximate surface area is 717 Å². The van der Waals surface area contributed by atoms with Crippen LogP contribution in [0.3, 0.4) is 0 Å². The van der Waals surface area contributed by atoms with Crippen molar-refractivity contribution >= 4 is 35.2 Å². The van der Waals surface area contributed by atoms with Gasteiger partial charge in [-0.1, -0.05) is 152 Å². The van der Waals surface area contributed by atoms with Crippen molar-refractivity contribution in [3.8, 4) is 17.9 Å². The standard InChI is InChI=1S/C22H24N2O3.C22H23NO2.C20H18N2O2.C19H18FNO2.C19H17N3O2/c1-23-12-13-26-20-14-16(6-7-19(20)23)21(25)24-10-8-22(9-11-24)18-5-3-2-4-17(18)15-27-22;24-21(19-14-18(19)16-6-2-1-3-7-16)23-12-10-22(11-13-23)20-9-5-4-8-17(20)15-25-22;21-13-15-5-7-16(8-6-15)19(23)22-11-9-20(10-12-22)18-4-2-1-3-17(18)14-24-20;20-16-7-5-14(6-8-16)18(22)21-11-9-19(10-12-21)17-4-2-1-3-15(17)13-23-19;20-11-16-6-5-14(12-21-16)18(23)22-9-7-19(8-10-22)17-4-2-1-3-15(17)13-24-19/h2-7,14H,8-13,15H2,1H3;1-9,18-19H,10-15H2;1-8H,9-12,14H2;1-8H,9-13H2;1-6,12H,7-10,13H2/t;18-,19?;;;/m.0.../s1. The first-order chi connectivity index (χ1) is 60.0. The molecule has 1 aromatic heterocycles. The minimum Gasteiger partial charge on any atom is -0.490 e. The molecule has 21 heteroatoms. The Bertz CT molecular complexity index is 5520. The van der Waals surface area contributed by atoms with Crippen molar-refractivity contribution in [1.29, 1.82) is 10.5 Å². The fourth-order valence-electron chi connectivity index (χ4n) is 20.2. The van der Waals surface area contributed by atoms with Gasteiger partial charge in [-0.05, 0) is 217 Å². The van der Waals surface area contributed by atoms with E-state index in [2.05, 4.69) is 142 Å². The van der Waals surface area contributed by atoms with E-state index in [0.29, 0.717) is 137 Å². The molecule has 20 nitrogen and oxygen atoms in total. The van der Waals surface area contributed by atoms with Gasteiger partial charge in [-0.2, -0.15) is 10.5 Å². The summed E-state index contributed by atoms with van der Waals surface area (Å²) in [5.74, 6) is 1.47. The number of amides is 5. The molecule has 1 saturated carbocycles. The summed E-state index contributed by atoms with van der Waals surface area (Å²) >= 11 is 0. The van der Waals surface area contributed by atoms with E-state index in [-0.39, 0.29) is 63.4 Å². The lowest BCUT2D eigenvalue weighted by Gasteiger charge is -2.39. The summed E-state index contributed by atoms with van der Waals surface area (Å²) in [6, 6.07) is 78.2. The highest BCUT2D eigenvalue weighted by Gasteiger charge is 2.51. The maximum atomic E-state index is 13.0. The summed E-state index contributed by atoms with van der Waals surface area (Å²) in [5, 5.41) is 17.6. The van der Waals surface area contributed by atoms with Crippen molar-refractivity contribution in [2.75, 3.05) is 90.5 Å². The number of likely N-dealkylation sites (N-methyl/N-ethyl adjacent to an activating group) is 1. The molecular formula is C102H100FN9O11. The Hall–Kier alpha value is -12.2. The van der Waals surface area contributed by atoms with Gasteiger partial charge in [0.05, 0.1) is 90.5 Å². The Morgan fingerprint density at radius 2 is 0.724 bits per heavy atom. The third-order valence-electron chi connectivity index (χ3n) is 27.5. The van der Waals surface area contributed by atoms with E-state index in [9.17, 15) is 28.4 Å². The lowest BCUT2D eigenvalue weighted by Crippen LogP contribution is -2.45. The summed E-state index contributed by atoms with van der Waals surface area (Å²) in [4.78, 5) is 79.4. The molecule has 6 fully saturated rings. The van der Waals surface area contributed by atoms with Crippen molar-refractivity contribution in [2.24, 2.45) is 5.92 Å². The van der Waals surface area contributed by atoms with Gasteiger partial charge in [0.2, 0.25) is 5.91 Å². The number of hydrogen-bond donors (Lipinski definition) is 0. The molecule has 5 saturated heterocycles. The number of ether oxygens (including phenoxy) is 6. The SMILES string of the molecule is CN1CCOc2cc(C(=O)N3CCC4(CC3)OCc3ccccc34)ccc21.N#Cc1ccc(C(=O)N2CCC3(CC2)OCc2ccccc23)cc1.N#Cc1ccc(C(=O)N2CCC3(CC2)OCc2ccccc23)cn1.O=C(C1C[C@H]1c1ccccc1)N1CCC2(CC1)OCc1ccccc12.O=C(c1ccc(F)cc1)N1CCC2(CC1)OCc1ccccc12. The fraction of sp³-hybridized carbons (Fsp3) is 0.353. The smallest absolute Gasteiger partial charge is 0.255 e. The van der Waals surface area contributed by atoms with Crippen LogP contribution in [0.15, 0.2) is 237 Å². The molecule has 5 spiro atoms. The summed E-state index contributed by atoms with van der Waals surface area (Å²) in [6.07, 6.45) is 10.9. The van der Waals surface area contributed by atoms with E-state index in [1.54, 1.807) is 48.5 Å². The van der Waals surface area contributed by atoms with Crippen LogP contribution in [-0.2, 0) is 89.5 Å². The first kappa shape index (κ1) is 81.8. The molecule has 0 N–H and O–H groups in total. The number of hydrogen-bond acceptors (Lipinski definition) is 15. The molecule has 0 radical (unpaired) electrons. The zero-order valence-electron chi connectivity index (χ0n) is 69.4. The van der Waals surface area contributed by atoms with Crippen molar-refractivity contribution in [3.05, 3.63) is 337 Å². The number of fused-ring (bicyclic) bond motifs is 11. The molecule has 1 aliphatic carbocycles. The van der Waals surface area contributed by atoms with Gasteiger partial charge >= 0.3 is 0 Å². The predicted octanol–water partition coefficient (Wildman–Crippen LogP) is 16.3. The number of nitriles is 2. The maximum Gasteiger partial charge on any atom is 0.255 e. The molecule has 5 amide bonds. The van der Waals surface area contributed by atoms with Crippen LogP contribution in [0.4, 0.5) is 10.1 Å². The van der Waals surface area contributed by atoms with Gasteiger partial charge in [-0.25, -0.2) is 9.37 Å². The van der Waals surface area contributed by atoms with E-state index < -0.39 is 0 Å². The molecule has 9 aromatic carbocycles. The molecule has 0 bridgehead atoms. The lowest BCUT2D eigenvalue weighted by molar-refractivity contribution is -0.139. The van der Waals surface area contributed by atoms with Crippen LogP contribution in [0, 0.1) is 34.4 Å². The van der Waals surface area contributed by atoms with Gasteiger partial charge in [0.15, 0.2) is 0 Å². The second-order valence-electron chi connectivity index (χ2n) is 34.2. The Morgan fingerprint density at radius 1 is 0.382 bits per heavy atom. The van der Waals surface area contributed by atoms with Gasteiger partial charge in [0.25, 0.3) is 23.6 Å². The van der Waals surface area contributed by atoms with Crippen LogP contribution in [-0.4, -0.2) is 145 Å². The molecule has 10 aromatic rings. The normalized spacial score (nSPS) is 20.5. The van der Waals surface area contributed by atoms with Gasteiger partial charge < -0.3 is 57.8 Å². The first-order valence-electron chi connectivity index (χ1n) is 43.3. The lowest BCUT2D eigenvalue weighted by atomic mass is 9.83. The van der Waals surface area contributed by atoms with Crippen molar-refractivity contribution in [1.82, 2.24) is 29.5 Å². The quantitative estimate of drug-likeness (QED) is 0.151. The minimum absolute atomic E-state index is 0.0284. The summed E-state index contributed by atoms with van der Waals surface area (Å²) in [6.45, 7) is 12.0. The average Bonchev–Trinajstić information content (AvgIpc) is 1.56. The van der Waals surface area contributed by atoms with Crippen molar-refractivity contribution in [3.63, 3.8) is 0 Å². The van der Waals surface area contributed by atoms with E-state index in [1.807, 2.05) is 81.2 Å². The van der Waals surface area contributed by atoms with Gasteiger partial charge in [-0.3, -0.25) is 24.0 Å². The highest BCUT2D eigenvalue weighted by molar-refractivity contribution is 5.97.